The van der Waals surface area contributed by atoms with Crippen molar-refractivity contribution in [1.29, 1.82) is 0 Å². The highest BCUT2D eigenvalue weighted by molar-refractivity contribution is 5.85. The number of primary amides is 1. The summed E-state index contributed by atoms with van der Waals surface area (Å²) >= 11 is 0. The molecule has 0 radical (unpaired) electrons. The molecule has 1 amide bonds. The standard InChI is InChI=1S/C14H22N2O.ClH/c1-4-11(3)13(14(15)17)16-9-12-7-5-10(2)6-8-12;/h5-8,11,13,16H,4,9H2,1-3H3,(H2,15,17);1H/t11-,13-;/m0./s1. The Morgan fingerprint density at radius 3 is 2.33 bits per heavy atom. The van der Waals surface area contributed by atoms with Gasteiger partial charge in [0, 0.05) is 6.54 Å². The second-order valence-corrected chi connectivity index (χ2v) is 4.63. The second-order valence-electron chi connectivity index (χ2n) is 4.63. The highest BCUT2D eigenvalue weighted by atomic mass is 35.5. The number of hydrogen-bond acceptors (Lipinski definition) is 2. The van der Waals surface area contributed by atoms with Crippen molar-refractivity contribution in [2.45, 2.75) is 39.8 Å². The maximum absolute atomic E-state index is 11.3. The van der Waals surface area contributed by atoms with Crippen LogP contribution in [-0.2, 0) is 11.3 Å². The Morgan fingerprint density at radius 2 is 1.89 bits per heavy atom. The number of benzene rings is 1. The molecule has 0 heterocycles. The van der Waals surface area contributed by atoms with E-state index < -0.39 is 0 Å². The molecule has 18 heavy (non-hydrogen) atoms. The highest BCUT2D eigenvalue weighted by Gasteiger charge is 2.20. The van der Waals surface area contributed by atoms with Crippen molar-refractivity contribution in [3.63, 3.8) is 0 Å². The molecule has 0 saturated carbocycles. The molecule has 4 heteroatoms. The van der Waals surface area contributed by atoms with Gasteiger partial charge in [-0.15, -0.1) is 12.4 Å². The van der Waals surface area contributed by atoms with E-state index >= 15 is 0 Å². The first-order valence-electron chi connectivity index (χ1n) is 6.12. The Kier molecular flexibility index (Phi) is 7.64. The summed E-state index contributed by atoms with van der Waals surface area (Å²) in [7, 11) is 0. The molecule has 2 atom stereocenters. The number of hydrogen-bond donors (Lipinski definition) is 2. The van der Waals surface area contributed by atoms with E-state index in [1.165, 1.54) is 11.1 Å². The predicted molar refractivity (Wildman–Crippen MR) is 77.7 cm³/mol. The third-order valence-electron chi connectivity index (χ3n) is 3.17. The lowest BCUT2D eigenvalue weighted by atomic mass is 9.98. The SMILES string of the molecule is CC[C@H](C)[C@H](NCc1ccc(C)cc1)C(N)=O.Cl. The van der Waals surface area contributed by atoms with Gasteiger partial charge >= 0.3 is 0 Å². The Labute approximate surface area is 116 Å². The molecule has 3 nitrogen and oxygen atoms in total. The van der Waals surface area contributed by atoms with Crippen LogP contribution in [0.3, 0.4) is 0 Å². The smallest absolute Gasteiger partial charge is 0.234 e. The lowest BCUT2D eigenvalue weighted by Gasteiger charge is -2.21. The van der Waals surface area contributed by atoms with E-state index in [1.54, 1.807) is 0 Å². The van der Waals surface area contributed by atoms with Crippen LogP contribution in [0.25, 0.3) is 0 Å². The molecule has 0 fully saturated rings. The first-order chi connectivity index (χ1) is 8.04. The molecule has 0 unspecified atom stereocenters. The molecule has 0 aliphatic rings. The van der Waals surface area contributed by atoms with Gasteiger partial charge in [-0.05, 0) is 18.4 Å². The van der Waals surface area contributed by atoms with Gasteiger partial charge in [-0.2, -0.15) is 0 Å². The molecule has 102 valence electrons. The van der Waals surface area contributed by atoms with Gasteiger partial charge in [-0.3, -0.25) is 4.79 Å². The van der Waals surface area contributed by atoms with Crippen LogP contribution in [0.5, 0.6) is 0 Å². The maximum atomic E-state index is 11.3. The van der Waals surface area contributed by atoms with E-state index in [1.807, 2.05) is 6.92 Å². The molecule has 0 aliphatic carbocycles. The molecule has 0 aliphatic heterocycles. The normalized spacial score (nSPS) is 13.5. The van der Waals surface area contributed by atoms with E-state index in [9.17, 15) is 4.79 Å². The first kappa shape index (κ1) is 16.9. The van der Waals surface area contributed by atoms with E-state index in [2.05, 4.69) is 43.4 Å². The van der Waals surface area contributed by atoms with Gasteiger partial charge in [0.2, 0.25) is 5.91 Å². The summed E-state index contributed by atoms with van der Waals surface area (Å²) in [5, 5.41) is 3.23. The quantitative estimate of drug-likeness (QED) is 0.834. The summed E-state index contributed by atoms with van der Waals surface area (Å²) in [5.41, 5.74) is 7.81. The lowest BCUT2D eigenvalue weighted by Crippen LogP contribution is -2.45. The van der Waals surface area contributed by atoms with Crippen molar-refractivity contribution in [2.75, 3.05) is 0 Å². The van der Waals surface area contributed by atoms with Gasteiger partial charge in [-0.25, -0.2) is 0 Å². The zero-order valence-corrected chi connectivity index (χ0v) is 12.1. The van der Waals surface area contributed by atoms with Crippen molar-refractivity contribution in [3.8, 4) is 0 Å². The predicted octanol–water partition coefficient (Wildman–Crippen LogP) is 2.41. The summed E-state index contributed by atoms with van der Waals surface area (Å²) in [4.78, 5) is 11.3. The Morgan fingerprint density at radius 1 is 1.33 bits per heavy atom. The topological polar surface area (TPSA) is 55.1 Å². The van der Waals surface area contributed by atoms with Crippen LogP contribution in [0.15, 0.2) is 24.3 Å². The molecule has 1 aromatic carbocycles. The van der Waals surface area contributed by atoms with Gasteiger partial charge in [0.1, 0.15) is 0 Å². The minimum atomic E-state index is -0.272. The minimum absolute atomic E-state index is 0. The second kappa shape index (κ2) is 8.11. The number of aryl methyl sites for hydroxylation is 1. The van der Waals surface area contributed by atoms with E-state index in [0.717, 1.165) is 6.42 Å². The minimum Gasteiger partial charge on any atom is -0.368 e. The van der Waals surface area contributed by atoms with Gasteiger partial charge in [0.25, 0.3) is 0 Å². The molecule has 1 aromatic rings. The Bertz CT molecular complexity index is 365. The fourth-order valence-corrected chi connectivity index (χ4v) is 1.75. The number of nitrogens with one attached hydrogen (secondary N) is 1. The number of carbonyl (C=O) groups is 1. The van der Waals surface area contributed by atoms with Crippen LogP contribution >= 0.6 is 12.4 Å². The molecular weight excluding hydrogens is 248 g/mol. The summed E-state index contributed by atoms with van der Waals surface area (Å²) in [6.07, 6.45) is 0.939. The lowest BCUT2D eigenvalue weighted by molar-refractivity contribution is -0.121. The number of halogens is 1. The highest BCUT2D eigenvalue weighted by Crippen LogP contribution is 2.09. The fourth-order valence-electron chi connectivity index (χ4n) is 1.75. The first-order valence-corrected chi connectivity index (χ1v) is 6.12. The summed E-state index contributed by atoms with van der Waals surface area (Å²) in [6.45, 7) is 6.84. The zero-order valence-electron chi connectivity index (χ0n) is 11.3. The van der Waals surface area contributed by atoms with Gasteiger partial charge in [0.05, 0.1) is 6.04 Å². The van der Waals surface area contributed by atoms with Crippen LogP contribution in [0.1, 0.15) is 31.4 Å². The molecule has 0 spiro atoms. The summed E-state index contributed by atoms with van der Waals surface area (Å²) in [6, 6.07) is 8.02. The van der Waals surface area contributed by atoms with Crippen LogP contribution < -0.4 is 11.1 Å². The van der Waals surface area contributed by atoms with E-state index in [-0.39, 0.29) is 30.3 Å². The third kappa shape index (κ3) is 5.07. The fraction of sp³-hybridized carbons (Fsp3) is 0.500. The largest absolute Gasteiger partial charge is 0.368 e. The van der Waals surface area contributed by atoms with Gasteiger partial charge < -0.3 is 11.1 Å². The number of rotatable bonds is 6. The number of carbonyl (C=O) groups excluding carboxylic acids is 1. The zero-order chi connectivity index (χ0) is 12.8. The van der Waals surface area contributed by atoms with Crippen molar-refractivity contribution < 1.29 is 4.79 Å². The van der Waals surface area contributed by atoms with E-state index in [4.69, 9.17) is 5.73 Å². The summed E-state index contributed by atoms with van der Waals surface area (Å²) < 4.78 is 0. The molecule has 1 rings (SSSR count). The molecule has 0 bridgehead atoms. The average molecular weight is 271 g/mol. The van der Waals surface area contributed by atoms with E-state index in [0.29, 0.717) is 6.54 Å². The van der Waals surface area contributed by atoms with Crippen LogP contribution in [0.2, 0.25) is 0 Å². The van der Waals surface area contributed by atoms with Crippen molar-refractivity contribution in [3.05, 3.63) is 35.4 Å². The van der Waals surface area contributed by atoms with Crippen LogP contribution in [0.4, 0.5) is 0 Å². The molecule has 3 N–H and O–H groups in total. The Hall–Kier alpha value is -1.06. The Balaban J connectivity index is 0.00000289. The van der Waals surface area contributed by atoms with Gasteiger partial charge in [0.15, 0.2) is 0 Å². The molecular formula is C14H23ClN2O. The number of nitrogens with two attached hydrogens (primary N) is 1. The van der Waals surface area contributed by atoms with Crippen molar-refractivity contribution in [1.82, 2.24) is 5.32 Å². The number of amides is 1. The maximum Gasteiger partial charge on any atom is 0.234 e. The van der Waals surface area contributed by atoms with Crippen molar-refractivity contribution >= 4 is 18.3 Å². The molecule has 0 saturated heterocycles. The van der Waals surface area contributed by atoms with Crippen molar-refractivity contribution in [2.24, 2.45) is 11.7 Å². The van der Waals surface area contributed by atoms with Crippen LogP contribution in [-0.4, -0.2) is 11.9 Å². The molecule has 0 aromatic heterocycles. The average Bonchev–Trinajstić information content (AvgIpc) is 2.31. The summed E-state index contributed by atoms with van der Waals surface area (Å²) in [5.74, 6) is -0.00981. The van der Waals surface area contributed by atoms with Gasteiger partial charge in [-0.1, -0.05) is 50.1 Å². The monoisotopic (exact) mass is 270 g/mol. The third-order valence-corrected chi connectivity index (χ3v) is 3.17. The van der Waals surface area contributed by atoms with Crippen LogP contribution in [0, 0.1) is 12.8 Å².